The van der Waals surface area contributed by atoms with Gasteiger partial charge in [0.2, 0.25) is 0 Å². The molecule has 0 spiro atoms. The Morgan fingerprint density at radius 3 is 2.70 bits per heavy atom. The molecule has 0 bridgehead atoms. The van der Waals surface area contributed by atoms with E-state index in [9.17, 15) is 14.3 Å². The molecule has 140 valence electrons. The van der Waals surface area contributed by atoms with Crippen molar-refractivity contribution in [3.63, 3.8) is 0 Å². The quantitative estimate of drug-likeness (QED) is 0.512. The Bertz CT molecular complexity index is 949. The van der Waals surface area contributed by atoms with Crippen LogP contribution in [0.3, 0.4) is 0 Å². The van der Waals surface area contributed by atoms with Crippen LogP contribution in [0.1, 0.15) is 22.0 Å². The van der Waals surface area contributed by atoms with Crippen molar-refractivity contribution >= 4 is 22.5 Å². The Kier molecular flexibility index (Phi) is 5.95. The molecule has 6 nitrogen and oxygen atoms in total. The third-order valence-corrected chi connectivity index (χ3v) is 4.14. The van der Waals surface area contributed by atoms with Gasteiger partial charge in [-0.05, 0) is 41.3 Å². The predicted molar refractivity (Wildman–Crippen MR) is 101 cm³/mol. The normalized spacial score (nSPS) is 12.0. The summed E-state index contributed by atoms with van der Waals surface area (Å²) in [6.07, 6.45) is 1.68. The van der Waals surface area contributed by atoms with Gasteiger partial charge in [-0.2, -0.15) is 0 Å². The number of fused-ring (bicyclic) bond motifs is 1. The number of carbonyl (C=O) groups is 1. The van der Waals surface area contributed by atoms with E-state index in [4.69, 9.17) is 5.11 Å². The molecule has 1 amide bonds. The summed E-state index contributed by atoms with van der Waals surface area (Å²) in [6.45, 7) is 0.0250. The smallest absolute Gasteiger partial charge is 0.251 e. The number of pyridine rings is 1. The third kappa shape index (κ3) is 4.58. The highest BCUT2D eigenvalue weighted by atomic mass is 19.1. The summed E-state index contributed by atoms with van der Waals surface area (Å²) in [7, 11) is 0. The predicted octanol–water partition coefficient (Wildman–Crippen LogP) is 2.24. The number of aliphatic hydroxyl groups excluding tert-OH is 2. The fourth-order valence-electron chi connectivity index (χ4n) is 2.76. The molecule has 0 saturated carbocycles. The summed E-state index contributed by atoms with van der Waals surface area (Å²) in [6, 6.07) is 12.0. The topological polar surface area (TPSA) is 94.5 Å². The molecule has 0 saturated heterocycles. The highest BCUT2D eigenvalue weighted by Crippen LogP contribution is 2.20. The molecule has 1 atom stereocenters. The lowest BCUT2D eigenvalue weighted by Crippen LogP contribution is -2.30. The number of nitrogens with one attached hydrogen (secondary N) is 2. The van der Waals surface area contributed by atoms with Crippen molar-refractivity contribution in [1.29, 1.82) is 0 Å². The lowest BCUT2D eigenvalue weighted by Gasteiger charge is -2.17. The van der Waals surface area contributed by atoms with Gasteiger partial charge in [-0.25, -0.2) is 9.37 Å². The molecule has 3 aromatic rings. The van der Waals surface area contributed by atoms with E-state index in [2.05, 4.69) is 15.6 Å². The van der Waals surface area contributed by atoms with Crippen LogP contribution in [0.4, 0.5) is 10.2 Å². The van der Waals surface area contributed by atoms with E-state index in [-0.39, 0.29) is 19.1 Å². The molecule has 4 N–H and O–H groups in total. The molecule has 0 aliphatic carbocycles. The van der Waals surface area contributed by atoms with Crippen LogP contribution in [0, 0.1) is 5.82 Å². The number of rotatable bonds is 7. The summed E-state index contributed by atoms with van der Waals surface area (Å²) in [5.41, 5.74) is 0.906. The number of benzene rings is 2. The van der Waals surface area contributed by atoms with Gasteiger partial charge in [0, 0.05) is 23.7 Å². The zero-order valence-corrected chi connectivity index (χ0v) is 14.5. The molecule has 0 aliphatic rings. The third-order valence-electron chi connectivity index (χ3n) is 4.14. The number of carbonyl (C=O) groups excluding carboxylic acids is 1. The van der Waals surface area contributed by atoms with Gasteiger partial charge >= 0.3 is 0 Å². The molecular weight excluding hydrogens is 349 g/mol. The summed E-state index contributed by atoms with van der Waals surface area (Å²) in [4.78, 5) is 16.8. The van der Waals surface area contributed by atoms with Crippen molar-refractivity contribution < 1.29 is 19.4 Å². The average Bonchev–Trinajstić information content (AvgIpc) is 2.69. The number of nitrogens with zero attached hydrogens (tertiary/aromatic N) is 1. The first-order chi connectivity index (χ1) is 13.1. The van der Waals surface area contributed by atoms with Crippen molar-refractivity contribution in [3.05, 3.63) is 71.7 Å². The Morgan fingerprint density at radius 2 is 1.96 bits per heavy atom. The standard InChI is InChI=1S/C20H20FN3O3/c21-17-3-1-2-13(9-17)18(12-26)24-20(27)14-4-5-15-11-23-19(22-6-7-25)10-16(15)8-14/h1-5,8-11,18,25-26H,6-7,12H2,(H,22,23)(H,24,27)/t18-/m1/s1. The van der Waals surface area contributed by atoms with Crippen molar-refractivity contribution in [3.8, 4) is 0 Å². The van der Waals surface area contributed by atoms with E-state index in [1.165, 1.54) is 18.2 Å². The van der Waals surface area contributed by atoms with Gasteiger partial charge in [0.1, 0.15) is 11.6 Å². The Labute approximate surface area is 155 Å². The maximum atomic E-state index is 13.4. The first-order valence-corrected chi connectivity index (χ1v) is 8.52. The van der Waals surface area contributed by atoms with Gasteiger partial charge in [0.15, 0.2) is 0 Å². The van der Waals surface area contributed by atoms with Crippen LogP contribution in [0.15, 0.2) is 54.7 Å². The number of aliphatic hydroxyl groups is 2. The van der Waals surface area contributed by atoms with Gasteiger partial charge in [0.05, 0.1) is 19.3 Å². The minimum absolute atomic E-state index is 0.00914. The molecule has 3 rings (SSSR count). The molecule has 0 aliphatic heterocycles. The van der Waals surface area contributed by atoms with Gasteiger partial charge in [-0.1, -0.05) is 18.2 Å². The highest BCUT2D eigenvalue weighted by molar-refractivity contribution is 5.99. The second-order valence-electron chi connectivity index (χ2n) is 6.05. The summed E-state index contributed by atoms with van der Waals surface area (Å²) < 4.78 is 13.4. The Hall–Kier alpha value is -3.03. The number of aromatic nitrogens is 1. The largest absolute Gasteiger partial charge is 0.395 e. The lowest BCUT2D eigenvalue weighted by molar-refractivity contribution is 0.0916. The van der Waals surface area contributed by atoms with Crippen molar-refractivity contribution in [1.82, 2.24) is 10.3 Å². The number of hydrogen-bond acceptors (Lipinski definition) is 5. The molecule has 0 radical (unpaired) electrons. The average molecular weight is 369 g/mol. The monoisotopic (exact) mass is 369 g/mol. The highest BCUT2D eigenvalue weighted by Gasteiger charge is 2.16. The zero-order chi connectivity index (χ0) is 19.2. The van der Waals surface area contributed by atoms with Crippen LogP contribution < -0.4 is 10.6 Å². The summed E-state index contributed by atoms with van der Waals surface area (Å²) >= 11 is 0. The van der Waals surface area contributed by atoms with E-state index in [1.807, 2.05) is 0 Å². The maximum absolute atomic E-state index is 13.4. The minimum Gasteiger partial charge on any atom is -0.395 e. The van der Waals surface area contributed by atoms with Crippen molar-refractivity contribution in [2.75, 3.05) is 25.1 Å². The molecule has 1 aromatic heterocycles. The van der Waals surface area contributed by atoms with E-state index in [0.29, 0.717) is 23.5 Å². The fourth-order valence-corrected chi connectivity index (χ4v) is 2.76. The van der Waals surface area contributed by atoms with Gasteiger partial charge in [-0.3, -0.25) is 4.79 Å². The van der Waals surface area contributed by atoms with Crippen LogP contribution in [0.25, 0.3) is 10.8 Å². The number of amides is 1. The lowest BCUT2D eigenvalue weighted by atomic mass is 10.1. The van der Waals surface area contributed by atoms with Crippen LogP contribution in [-0.2, 0) is 0 Å². The number of anilines is 1. The van der Waals surface area contributed by atoms with Crippen LogP contribution >= 0.6 is 0 Å². The fraction of sp³-hybridized carbons (Fsp3) is 0.200. The van der Waals surface area contributed by atoms with Crippen LogP contribution in [0.5, 0.6) is 0 Å². The van der Waals surface area contributed by atoms with E-state index in [0.717, 1.165) is 10.8 Å². The van der Waals surface area contributed by atoms with Crippen molar-refractivity contribution in [2.24, 2.45) is 0 Å². The number of halogens is 1. The van der Waals surface area contributed by atoms with Gasteiger partial charge < -0.3 is 20.8 Å². The first kappa shape index (κ1) is 18.8. The molecule has 0 fully saturated rings. The van der Waals surface area contributed by atoms with E-state index in [1.54, 1.807) is 36.5 Å². The second-order valence-corrected chi connectivity index (χ2v) is 6.05. The van der Waals surface area contributed by atoms with E-state index < -0.39 is 11.9 Å². The van der Waals surface area contributed by atoms with Gasteiger partial charge in [0.25, 0.3) is 5.91 Å². The van der Waals surface area contributed by atoms with E-state index >= 15 is 0 Å². The second kappa shape index (κ2) is 8.57. The Balaban J connectivity index is 1.81. The summed E-state index contributed by atoms with van der Waals surface area (Å²) in [5, 5.41) is 25.8. The van der Waals surface area contributed by atoms with Crippen molar-refractivity contribution in [2.45, 2.75) is 6.04 Å². The molecule has 2 aromatic carbocycles. The molecule has 7 heteroatoms. The molecule has 1 heterocycles. The zero-order valence-electron chi connectivity index (χ0n) is 14.5. The van der Waals surface area contributed by atoms with Crippen LogP contribution in [0.2, 0.25) is 0 Å². The Morgan fingerprint density at radius 1 is 1.11 bits per heavy atom. The molecule has 0 unspecified atom stereocenters. The maximum Gasteiger partial charge on any atom is 0.251 e. The van der Waals surface area contributed by atoms with Gasteiger partial charge in [-0.15, -0.1) is 0 Å². The van der Waals surface area contributed by atoms with Crippen LogP contribution in [-0.4, -0.2) is 40.9 Å². The first-order valence-electron chi connectivity index (χ1n) is 8.52. The minimum atomic E-state index is -0.705. The molecular formula is C20H20FN3O3. The molecule has 27 heavy (non-hydrogen) atoms. The SMILES string of the molecule is O=C(N[C@H](CO)c1cccc(F)c1)c1ccc2cnc(NCCO)cc2c1. The summed E-state index contributed by atoms with van der Waals surface area (Å²) in [5.74, 6) is -0.203. The number of hydrogen-bond donors (Lipinski definition) is 4.